The molecule has 33 heavy (non-hydrogen) atoms. The summed E-state index contributed by atoms with van der Waals surface area (Å²) in [5, 5.41) is 9.09. The lowest BCUT2D eigenvalue weighted by Crippen LogP contribution is -2.50. The minimum Gasteiger partial charge on any atom is -0.496 e. The number of likely N-dealkylation sites (tertiary alicyclic amines) is 1. The van der Waals surface area contributed by atoms with E-state index in [1.807, 2.05) is 0 Å². The van der Waals surface area contributed by atoms with Crippen LogP contribution in [0.15, 0.2) is 42.0 Å². The summed E-state index contributed by atoms with van der Waals surface area (Å²) in [6, 6.07) is 12.8. The normalized spacial score (nSPS) is 16.5. The van der Waals surface area contributed by atoms with Crippen LogP contribution in [0.2, 0.25) is 0 Å². The minimum absolute atomic E-state index is 0.201. The third-order valence-corrected chi connectivity index (χ3v) is 6.81. The van der Waals surface area contributed by atoms with E-state index in [0.29, 0.717) is 25.6 Å². The second-order valence-electron chi connectivity index (χ2n) is 9.81. The lowest BCUT2D eigenvalue weighted by atomic mass is 9.85. The average Bonchev–Trinajstić information content (AvgIpc) is 2.75. The number of aliphatic carboxylic acids is 1. The number of rotatable bonds is 9. The highest BCUT2D eigenvalue weighted by Gasteiger charge is 2.33. The van der Waals surface area contributed by atoms with Gasteiger partial charge < -0.3 is 14.6 Å². The summed E-state index contributed by atoms with van der Waals surface area (Å²) in [5.74, 6) is 1.53. The second kappa shape index (κ2) is 10.0. The van der Waals surface area contributed by atoms with Crippen molar-refractivity contribution in [2.24, 2.45) is 11.8 Å². The molecule has 1 aliphatic carbocycles. The topological polar surface area (TPSA) is 59.0 Å². The summed E-state index contributed by atoms with van der Waals surface area (Å²) in [6.45, 7) is 9.33. The van der Waals surface area contributed by atoms with Gasteiger partial charge in [-0.2, -0.15) is 0 Å². The standard InChI is InChI=1S/C28H35NO4/c1-18(2)11-22-6-5-20(12-27(22)32-4)17-33-25-9-10-26-19(3)23(8-7-21(26)13-25)14-29-15-24(16-29)28(30)31/h5-6,9-10,12-13,18,24H,7-8,11,14-17H2,1-4H3,(H,30,31). The summed E-state index contributed by atoms with van der Waals surface area (Å²) in [4.78, 5) is 13.3. The van der Waals surface area contributed by atoms with Gasteiger partial charge in [-0.1, -0.05) is 37.6 Å². The summed E-state index contributed by atoms with van der Waals surface area (Å²) in [7, 11) is 1.73. The smallest absolute Gasteiger partial charge is 0.309 e. The first-order valence-electron chi connectivity index (χ1n) is 11.9. The highest BCUT2D eigenvalue weighted by atomic mass is 16.5. The first-order valence-corrected chi connectivity index (χ1v) is 11.9. The van der Waals surface area contributed by atoms with Crippen molar-refractivity contribution >= 4 is 11.5 Å². The molecule has 0 spiro atoms. The molecule has 5 nitrogen and oxygen atoms in total. The first kappa shape index (κ1) is 23.4. The molecule has 1 N–H and O–H groups in total. The van der Waals surface area contributed by atoms with Crippen LogP contribution in [-0.4, -0.2) is 42.7 Å². The summed E-state index contributed by atoms with van der Waals surface area (Å²) in [6.07, 6.45) is 3.01. The predicted molar refractivity (Wildman–Crippen MR) is 131 cm³/mol. The van der Waals surface area contributed by atoms with Gasteiger partial charge in [-0.25, -0.2) is 0 Å². The molecule has 2 aromatic carbocycles. The van der Waals surface area contributed by atoms with Gasteiger partial charge in [0.25, 0.3) is 0 Å². The first-order chi connectivity index (χ1) is 15.8. The zero-order chi connectivity index (χ0) is 23.5. The van der Waals surface area contributed by atoms with Crippen LogP contribution in [0.5, 0.6) is 11.5 Å². The van der Waals surface area contributed by atoms with E-state index in [4.69, 9.17) is 14.6 Å². The quantitative estimate of drug-likeness (QED) is 0.570. The Hall–Kier alpha value is -2.79. The van der Waals surface area contributed by atoms with Crippen molar-refractivity contribution in [1.82, 2.24) is 4.90 Å². The number of aryl methyl sites for hydroxylation is 1. The molecule has 1 saturated heterocycles. The van der Waals surface area contributed by atoms with Crippen molar-refractivity contribution in [2.75, 3.05) is 26.7 Å². The Labute approximate surface area is 197 Å². The van der Waals surface area contributed by atoms with Gasteiger partial charge in [0.2, 0.25) is 0 Å². The number of allylic oxidation sites excluding steroid dienone is 1. The molecule has 0 amide bonds. The highest BCUT2D eigenvalue weighted by Crippen LogP contribution is 2.35. The Kier molecular flexibility index (Phi) is 7.08. The van der Waals surface area contributed by atoms with Crippen LogP contribution in [0.4, 0.5) is 0 Å². The van der Waals surface area contributed by atoms with Crippen molar-refractivity contribution in [2.45, 2.75) is 46.6 Å². The molecule has 1 heterocycles. The van der Waals surface area contributed by atoms with Gasteiger partial charge in [-0.3, -0.25) is 9.69 Å². The molecule has 0 bridgehead atoms. The van der Waals surface area contributed by atoms with E-state index in [1.54, 1.807) is 7.11 Å². The summed E-state index contributed by atoms with van der Waals surface area (Å²) in [5.41, 5.74) is 7.70. The lowest BCUT2D eigenvalue weighted by Gasteiger charge is -2.38. The maximum absolute atomic E-state index is 11.1. The van der Waals surface area contributed by atoms with E-state index in [1.165, 1.54) is 27.8 Å². The number of methoxy groups -OCH3 is 1. The van der Waals surface area contributed by atoms with E-state index >= 15 is 0 Å². The zero-order valence-electron chi connectivity index (χ0n) is 20.2. The molecule has 0 saturated carbocycles. The molecule has 176 valence electrons. The van der Waals surface area contributed by atoms with Crippen LogP contribution in [0.3, 0.4) is 0 Å². The fraction of sp³-hybridized carbons (Fsp3) is 0.464. The van der Waals surface area contributed by atoms with Gasteiger partial charge in [-0.05, 0) is 78.1 Å². The van der Waals surface area contributed by atoms with Gasteiger partial charge >= 0.3 is 5.97 Å². The Balaban J connectivity index is 1.39. The predicted octanol–water partition coefficient (Wildman–Crippen LogP) is 5.21. The molecule has 1 aliphatic heterocycles. The number of hydrogen-bond acceptors (Lipinski definition) is 4. The van der Waals surface area contributed by atoms with Crippen molar-refractivity contribution in [3.8, 4) is 11.5 Å². The third kappa shape index (κ3) is 5.41. The maximum Gasteiger partial charge on any atom is 0.309 e. The van der Waals surface area contributed by atoms with Crippen molar-refractivity contribution in [3.63, 3.8) is 0 Å². The Morgan fingerprint density at radius 1 is 1.15 bits per heavy atom. The lowest BCUT2D eigenvalue weighted by molar-refractivity contribution is -0.147. The SMILES string of the molecule is COc1cc(COc2ccc3c(c2)CCC(CN2CC(C(=O)O)C2)=C3C)ccc1CC(C)C. The third-order valence-electron chi connectivity index (χ3n) is 6.81. The van der Waals surface area contributed by atoms with Crippen LogP contribution in [0, 0.1) is 11.8 Å². The summed E-state index contributed by atoms with van der Waals surface area (Å²) >= 11 is 0. The van der Waals surface area contributed by atoms with Crippen LogP contribution in [0.1, 0.15) is 49.4 Å². The Morgan fingerprint density at radius 3 is 2.64 bits per heavy atom. The highest BCUT2D eigenvalue weighted by molar-refractivity contribution is 5.73. The number of ether oxygens (including phenoxy) is 2. The van der Waals surface area contributed by atoms with Gasteiger partial charge in [0.05, 0.1) is 13.0 Å². The molecule has 0 unspecified atom stereocenters. The Morgan fingerprint density at radius 2 is 1.94 bits per heavy atom. The molecule has 0 aromatic heterocycles. The molecular weight excluding hydrogens is 414 g/mol. The number of hydrogen-bond donors (Lipinski definition) is 1. The van der Waals surface area contributed by atoms with Gasteiger partial charge in [0.15, 0.2) is 0 Å². The van der Waals surface area contributed by atoms with E-state index in [-0.39, 0.29) is 5.92 Å². The monoisotopic (exact) mass is 449 g/mol. The fourth-order valence-electron chi connectivity index (χ4n) is 4.87. The number of nitrogens with zero attached hydrogens (tertiary/aromatic N) is 1. The van der Waals surface area contributed by atoms with Crippen LogP contribution in [-0.2, 0) is 24.2 Å². The van der Waals surface area contributed by atoms with Gasteiger partial charge in [0, 0.05) is 19.6 Å². The molecular formula is C28H35NO4. The maximum atomic E-state index is 11.1. The van der Waals surface area contributed by atoms with E-state index in [2.05, 4.69) is 62.1 Å². The van der Waals surface area contributed by atoms with Crippen molar-refractivity contribution < 1.29 is 19.4 Å². The number of carboxylic acid groups (broad SMARTS) is 1. The van der Waals surface area contributed by atoms with Gasteiger partial charge in [-0.15, -0.1) is 0 Å². The molecule has 4 rings (SSSR count). The molecule has 1 fully saturated rings. The van der Waals surface area contributed by atoms with Crippen molar-refractivity contribution in [3.05, 3.63) is 64.2 Å². The van der Waals surface area contributed by atoms with E-state index < -0.39 is 5.97 Å². The largest absolute Gasteiger partial charge is 0.496 e. The number of benzene rings is 2. The van der Waals surface area contributed by atoms with E-state index in [0.717, 1.165) is 42.9 Å². The van der Waals surface area contributed by atoms with Crippen LogP contribution in [0.25, 0.3) is 5.57 Å². The fourth-order valence-corrected chi connectivity index (χ4v) is 4.87. The minimum atomic E-state index is -0.677. The summed E-state index contributed by atoms with van der Waals surface area (Å²) < 4.78 is 11.7. The molecule has 5 heteroatoms. The molecule has 2 aliphatic rings. The van der Waals surface area contributed by atoms with Gasteiger partial charge in [0.1, 0.15) is 18.1 Å². The van der Waals surface area contributed by atoms with Crippen LogP contribution < -0.4 is 9.47 Å². The Bertz CT molecular complexity index is 1050. The molecule has 2 aromatic rings. The number of carbonyl (C=O) groups is 1. The zero-order valence-corrected chi connectivity index (χ0v) is 20.2. The molecule has 0 radical (unpaired) electrons. The average molecular weight is 450 g/mol. The van der Waals surface area contributed by atoms with Crippen molar-refractivity contribution in [1.29, 1.82) is 0 Å². The second-order valence-corrected chi connectivity index (χ2v) is 9.81. The molecule has 0 atom stereocenters. The van der Waals surface area contributed by atoms with E-state index in [9.17, 15) is 4.79 Å². The number of fused-ring (bicyclic) bond motifs is 1. The van der Waals surface area contributed by atoms with Crippen LogP contribution >= 0.6 is 0 Å². The number of carboxylic acids is 1.